The quantitative estimate of drug-likeness (QED) is 0.800. The lowest BCUT2D eigenvalue weighted by Crippen LogP contribution is -2.52. The van der Waals surface area contributed by atoms with Crippen LogP contribution in [0.1, 0.15) is 38.7 Å². The Hall–Kier alpha value is -1.60. The van der Waals surface area contributed by atoms with E-state index in [0.717, 1.165) is 11.3 Å². The van der Waals surface area contributed by atoms with Crippen LogP contribution in [0.5, 0.6) is 5.75 Å². The van der Waals surface area contributed by atoms with E-state index in [1.807, 2.05) is 38.1 Å². The first-order valence-corrected chi connectivity index (χ1v) is 10.3. The number of methoxy groups -OCH3 is 1. The number of nitrogens with zero attached hydrogens (tertiary/aromatic N) is 1. The SMILES string of the molecule is CCCS(=O)(=O)N1CCC[C@@](C)(C(=O)NCc2ccc(OC)cc2)C1. The van der Waals surface area contributed by atoms with Crippen LogP contribution >= 0.6 is 0 Å². The molecule has 0 bridgehead atoms. The highest BCUT2D eigenvalue weighted by atomic mass is 32.2. The number of piperidine rings is 1. The summed E-state index contributed by atoms with van der Waals surface area (Å²) in [5, 5.41) is 2.95. The molecule has 1 amide bonds. The highest BCUT2D eigenvalue weighted by Crippen LogP contribution is 2.31. The number of benzene rings is 1. The molecule has 1 aromatic carbocycles. The van der Waals surface area contributed by atoms with Crippen molar-refractivity contribution in [1.82, 2.24) is 9.62 Å². The number of amides is 1. The van der Waals surface area contributed by atoms with Crippen LogP contribution < -0.4 is 10.1 Å². The van der Waals surface area contributed by atoms with Gasteiger partial charge in [0.1, 0.15) is 5.75 Å². The maximum Gasteiger partial charge on any atom is 0.227 e. The Kier molecular flexibility index (Phi) is 6.46. The Morgan fingerprint density at radius 1 is 1.32 bits per heavy atom. The molecular formula is C18H28N2O4S. The third-order valence-electron chi connectivity index (χ3n) is 4.68. The van der Waals surface area contributed by atoms with Crippen molar-refractivity contribution in [1.29, 1.82) is 0 Å². The molecule has 140 valence electrons. The van der Waals surface area contributed by atoms with Crippen LogP contribution in [-0.4, -0.2) is 44.6 Å². The number of hydrogen-bond acceptors (Lipinski definition) is 4. The predicted molar refractivity (Wildman–Crippen MR) is 97.8 cm³/mol. The number of carbonyl (C=O) groups excluding carboxylic acids is 1. The number of nitrogens with one attached hydrogen (secondary N) is 1. The fourth-order valence-corrected chi connectivity index (χ4v) is 4.80. The Labute approximate surface area is 150 Å². The van der Waals surface area contributed by atoms with Gasteiger partial charge in [-0.1, -0.05) is 19.1 Å². The first-order valence-electron chi connectivity index (χ1n) is 8.70. The molecule has 1 atom stereocenters. The van der Waals surface area contributed by atoms with Gasteiger partial charge in [-0.25, -0.2) is 12.7 Å². The Morgan fingerprint density at radius 2 is 2.00 bits per heavy atom. The molecule has 0 unspecified atom stereocenters. The van der Waals surface area contributed by atoms with Crippen molar-refractivity contribution in [3.63, 3.8) is 0 Å². The highest BCUT2D eigenvalue weighted by Gasteiger charge is 2.41. The highest BCUT2D eigenvalue weighted by molar-refractivity contribution is 7.89. The van der Waals surface area contributed by atoms with Gasteiger partial charge in [-0.3, -0.25) is 4.79 Å². The minimum atomic E-state index is -3.27. The van der Waals surface area contributed by atoms with Crippen LogP contribution in [0.15, 0.2) is 24.3 Å². The molecular weight excluding hydrogens is 340 g/mol. The fourth-order valence-electron chi connectivity index (χ4n) is 3.14. The van der Waals surface area contributed by atoms with Crippen LogP contribution in [0.25, 0.3) is 0 Å². The van der Waals surface area contributed by atoms with Crippen molar-refractivity contribution >= 4 is 15.9 Å². The number of hydrogen-bond donors (Lipinski definition) is 1. The number of ether oxygens (including phenoxy) is 1. The predicted octanol–water partition coefficient (Wildman–Crippen LogP) is 2.15. The van der Waals surface area contributed by atoms with Crippen molar-refractivity contribution in [2.24, 2.45) is 5.41 Å². The molecule has 0 aromatic heterocycles. The van der Waals surface area contributed by atoms with Gasteiger partial charge in [0, 0.05) is 19.6 Å². The van der Waals surface area contributed by atoms with Crippen LogP contribution in [0, 0.1) is 5.41 Å². The van der Waals surface area contributed by atoms with E-state index in [-0.39, 0.29) is 18.2 Å². The minimum Gasteiger partial charge on any atom is -0.497 e. The summed E-state index contributed by atoms with van der Waals surface area (Å²) in [7, 11) is -1.66. The van der Waals surface area contributed by atoms with Gasteiger partial charge in [0.15, 0.2) is 0 Å². The Balaban J connectivity index is 1.99. The van der Waals surface area contributed by atoms with E-state index in [1.54, 1.807) is 7.11 Å². The van der Waals surface area contributed by atoms with Gasteiger partial charge in [-0.15, -0.1) is 0 Å². The lowest BCUT2D eigenvalue weighted by atomic mass is 9.82. The Bertz CT molecular complexity index is 688. The van der Waals surface area contributed by atoms with Crippen LogP contribution in [-0.2, 0) is 21.4 Å². The molecule has 0 spiro atoms. The molecule has 1 aliphatic heterocycles. The molecule has 1 fully saturated rings. The summed E-state index contributed by atoms with van der Waals surface area (Å²) >= 11 is 0. The molecule has 7 heteroatoms. The molecule has 2 rings (SSSR count). The summed E-state index contributed by atoms with van der Waals surface area (Å²) in [6, 6.07) is 7.51. The van der Waals surface area contributed by atoms with Gasteiger partial charge in [0.2, 0.25) is 15.9 Å². The van der Waals surface area contributed by atoms with Crippen LogP contribution in [0.3, 0.4) is 0 Å². The monoisotopic (exact) mass is 368 g/mol. The van der Waals surface area contributed by atoms with Crippen molar-refractivity contribution in [3.8, 4) is 5.75 Å². The number of sulfonamides is 1. The third kappa shape index (κ3) is 4.95. The minimum absolute atomic E-state index is 0.0975. The largest absolute Gasteiger partial charge is 0.497 e. The van der Waals surface area contributed by atoms with Crippen molar-refractivity contribution < 1.29 is 17.9 Å². The zero-order chi connectivity index (χ0) is 18.5. The maximum absolute atomic E-state index is 12.7. The lowest BCUT2D eigenvalue weighted by molar-refractivity contribution is -0.132. The molecule has 1 aromatic rings. The smallest absolute Gasteiger partial charge is 0.227 e. The first-order chi connectivity index (χ1) is 11.8. The zero-order valence-electron chi connectivity index (χ0n) is 15.2. The number of carbonyl (C=O) groups is 1. The summed E-state index contributed by atoms with van der Waals surface area (Å²) < 4.78 is 31.2. The van der Waals surface area contributed by atoms with E-state index in [4.69, 9.17) is 4.74 Å². The van der Waals surface area contributed by atoms with Crippen molar-refractivity contribution in [3.05, 3.63) is 29.8 Å². The molecule has 6 nitrogen and oxygen atoms in total. The van der Waals surface area contributed by atoms with Crippen molar-refractivity contribution in [2.75, 3.05) is 26.0 Å². The molecule has 0 saturated carbocycles. The zero-order valence-corrected chi connectivity index (χ0v) is 16.1. The second kappa shape index (κ2) is 8.19. The van der Waals surface area contributed by atoms with E-state index < -0.39 is 15.4 Å². The summed E-state index contributed by atoms with van der Waals surface area (Å²) in [6.45, 7) is 4.87. The van der Waals surface area contributed by atoms with Gasteiger partial charge in [0.05, 0.1) is 18.3 Å². The second-order valence-corrected chi connectivity index (χ2v) is 8.93. The normalized spacial score (nSPS) is 21.7. The molecule has 1 N–H and O–H groups in total. The average Bonchev–Trinajstić information content (AvgIpc) is 2.60. The van der Waals surface area contributed by atoms with E-state index in [0.29, 0.717) is 32.4 Å². The maximum atomic E-state index is 12.7. The summed E-state index contributed by atoms with van der Waals surface area (Å²) in [5.41, 5.74) is 0.287. The van der Waals surface area contributed by atoms with Crippen LogP contribution in [0.4, 0.5) is 0 Å². The molecule has 1 aliphatic rings. The van der Waals surface area contributed by atoms with Crippen LogP contribution in [0.2, 0.25) is 0 Å². The van der Waals surface area contributed by atoms with Crippen molar-refractivity contribution in [2.45, 2.75) is 39.7 Å². The first kappa shape index (κ1) is 19.7. The molecule has 25 heavy (non-hydrogen) atoms. The fraction of sp³-hybridized carbons (Fsp3) is 0.611. The lowest BCUT2D eigenvalue weighted by Gasteiger charge is -2.38. The van der Waals surface area contributed by atoms with Gasteiger partial charge in [-0.2, -0.15) is 0 Å². The van der Waals surface area contributed by atoms with E-state index >= 15 is 0 Å². The summed E-state index contributed by atoms with van der Waals surface area (Å²) in [5.74, 6) is 0.808. The Morgan fingerprint density at radius 3 is 2.60 bits per heavy atom. The number of rotatable bonds is 7. The molecule has 0 aliphatic carbocycles. The van der Waals surface area contributed by atoms with Gasteiger partial charge >= 0.3 is 0 Å². The molecule has 0 radical (unpaired) electrons. The molecule has 1 saturated heterocycles. The topological polar surface area (TPSA) is 75.7 Å². The standard InChI is InChI=1S/C18H28N2O4S/c1-4-12-25(22,23)20-11-5-10-18(2,14-20)17(21)19-13-15-6-8-16(24-3)9-7-15/h6-9H,4-5,10-14H2,1-3H3,(H,19,21)/t18-/m1/s1. The summed E-state index contributed by atoms with van der Waals surface area (Å²) in [4.78, 5) is 12.7. The average molecular weight is 368 g/mol. The van der Waals surface area contributed by atoms with E-state index in [1.165, 1.54) is 4.31 Å². The summed E-state index contributed by atoms with van der Waals surface area (Å²) in [6.07, 6.45) is 1.98. The molecule has 1 heterocycles. The van der Waals surface area contributed by atoms with Gasteiger partial charge < -0.3 is 10.1 Å². The van der Waals surface area contributed by atoms with Gasteiger partial charge in [-0.05, 0) is 43.9 Å². The van der Waals surface area contributed by atoms with E-state index in [9.17, 15) is 13.2 Å². The van der Waals surface area contributed by atoms with Gasteiger partial charge in [0.25, 0.3) is 0 Å². The van der Waals surface area contributed by atoms with E-state index in [2.05, 4.69) is 5.32 Å². The second-order valence-electron chi connectivity index (χ2n) is 6.84. The third-order valence-corrected chi connectivity index (χ3v) is 6.70.